The van der Waals surface area contributed by atoms with Gasteiger partial charge in [0.15, 0.2) is 11.0 Å². The predicted molar refractivity (Wildman–Crippen MR) is 126 cm³/mol. The van der Waals surface area contributed by atoms with E-state index in [1.807, 2.05) is 0 Å². The lowest BCUT2D eigenvalue weighted by Crippen LogP contribution is -2.28. The molecule has 0 bridgehead atoms. The van der Waals surface area contributed by atoms with Crippen molar-refractivity contribution < 1.29 is 14.5 Å². The van der Waals surface area contributed by atoms with Gasteiger partial charge in [0, 0.05) is 29.9 Å². The number of carbonyl (C=O) groups excluding carboxylic acids is 2. The van der Waals surface area contributed by atoms with E-state index in [0.717, 1.165) is 11.8 Å². The van der Waals surface area contributed by atoms with E-state index in [-0.39, 0.29) is 33.8 Å². The zero-order valence-electron chi connectivity index (χ0n) is 17.4. The third-order valence-corrected chi connectivity index (χ3v) is 6.04. The average molecular weight is 509 g/mol. The Kier molecular flexibility index (Phi) is 7.90. The van der Waals surface area contributed by atoms with E-state index in [4.69, 9.17) is 23.2 Å². The lowest BCUT2D eigenvalue weighted by molar-refractivity contribution is -0.384. The van der Waals surface area contributed by atoms with Gasteiger partial charge in [0.1, 0.15) is 0 Å². The van der Waals surface area contributed by atoms with Crippen LogP contribution in [0.5, 0.6) is 0 Å². The monoisotopic (exact) mass is 508 g/mol. The Labute approximate surface area is 202 Å². The number of carbonyl (C=O) groups is 2. The second-order valence-electron chi connectivity index (χ2n) is 6.86. The van der Waals surface area contributed by atoms with Crippen molar-refractivity contribution in [2.45, 2.75) is 18.1 Å². The highest BCUT2D eigenvalue weighted by atomic mass is 35.5. The first-order valence-corrected chi connectivity index (χ1v) is 11.2. The first-order valence-electron chi connectivity index (χ1n) is 9.48. The Morgan fingerprint density at radius 2 is 1.88 bits per heavy atom. The van der Waals surface area contributed by atoms with Crippen LogP contribution in [0.4, 0.5) is 11.4 Å². The van der Waals surface area contributed by atoms with E-state index in [2.05, 4.69) is 20.8 Å². The zero-order valence-corrected chi connectivity index (χ0v) is 19.7. The van der Waals surface area contributed by atoms with Crippen LogP contribution in [0, 0.1) is 10.1 Å². The van der Waals surface area contributed by atoms with Crippen LogP contribution >= 0.6 is 35.0 Å². The van der Waals surface area contributed by atoms with Crippen LogP contribution < -0.4 is 10.6 Å². The maximum atomic E-state index is 12.5. The number of rotatable bonds is 8. The van der Waals surface area contributed by atoms with Gasteiger partial charge in [-0.2, -0.15) is 0 Å². The summed E-state index contributed by atoms with van der Waals surface area (Å²) in [6.07, 6.45) is 0. The summed E-state index contributed by atoms with van der Waals surface area (Å²) in [6, 6.07) is 9.65. The van der Waals surface area contributed by atoms with Crippen LogP contribution in [-0.2, 0) is 11.8 Å². The van der Waals surface area contributed by atoms with Gasteiger partial charge in [-0.25, -0.2) is 0 Å². The maximum absolute atomic E-state index is 12.5. The van der Waals surface area contributed by atoms with Gasteiger partial charge >= 0.3 is 0 Å². The van der Waals surface area contributed by atoms with Crippen molar-refractivity contribution in [3.63, 3.8) is 0 Å². The van der Waals surface area contributed by atoms with E-state index >= 15 is 0 Å². The van der Waals surface area contributed by atoms with Crippen LogP contribution in [0.1, 0.15) is 29.1 Å². The molecule has 1 aromatic heterocycles. The molecule has 0 spiro atoms. The van der Waals surface area contributed by atoms with Gasteiger partial charge in [0.05, 0.1) is 27.3 Å². The minimum atomic E-state index is -0.513. The second-order valence-corrected chi connectivity index (χ2v) is 8.65. The predicted octanol–water partition coefficient (Wildman–Crippen LogP) is 4.25. The number of amides is 2. The summed E-state index contributed by atoms with van der Waals surface area (Å²) in [5.41, 5.74) is 0.670. The summed E-state index contributed by atoms with van der Waals surface area (Å²) < 4.78 is 1.68. The van der Waals surface area contributed by atoms with Crippen molar-refractivity contribution >= 4 is 58.2 Å². The number of nitrogens with zero attached hydrogens (tertiary/aromatic N) is 4. The molecule has 2 amide bonds. The Bertz CT molecular complexity index is 1200. The van der Waals surface area contributed by atoms with Gasteiger partial charge in [0.2, 0.25) is 5.91 Å². The highest BCUT2D eigenvalue weighted by Gasteiger charge is 2.20. The normalized spacial score (nSPS) is 11.6. The number of hydrogen-bond acceptors (Lipinski definition) is 7. The molecule has 0 aliphatic rings. The summed E-state index contributed by atoms with van der Waals surface area (Å²) >= 11 is 13.1. The fourth-order valence-electron chi connectivity index (χ4n) is 2.84. The molecule has 3 aromatic rings. The van der Waals surface area contributed by atoms with Crippen LogP contribution in [0.25, 0.3) is 0 Å². The summed E-state index contributed by atoms with van der Waals surface area (Å²) in [5, 5.41) is 25.5. The number of aromatic nitrogens is 3. The van der Waals surface area contributed by atoms with E-state index in [1.54, 1.807) is 24.6 Å². The lowest BCUT2D eigenvalue weighted by atomic mass is 10.2. The largest absolute Gasteiger partial charge is 0.342 e. The number of hydrogen-bond donors (Lipinski definition) is 2. The van der Waals surface area contributed by atoms with Gasteiger partial charge in [-0.3, -0.25) is 19.7 Å². The summed E-state index contributed by atoms with van der Waals surface area (Å²) in [7, 11) is 1.73. The minimum absolute atomic E-state index is 0.0457. The molecule has 2 N–H and O–H groups in total. The maximum Gasteiger partial charge on any atom is 0.269 e. The Morgan fingerprint density at radius 3 is 2.52 bits per heavy atom. The number of anilines is 1. The summed E-state index contributed by atoms with van der Waals surface area (Å²) in [4.78, 5) is 34.9. The summed E-state index contributed by atoms with van der Waals surface area (Å²) in [6.45, 7) is 1.75. The fraction of sp³-hybridized carbons (Fsp3) is 0.200. The van der Waals surface area contributed by atoms with Crippen LogP contribution in [0.2, 0.25) is 10.0 Å². The first-order chi connectivity index (χ1) is 15.7. The highest BCUT2D eigenvalue weighted by Crippen LogP contribution is 2.23. The number of nitro groups is 1. The molecule has 0 saturated carbocycles. The van der Waals surface area contributed by atoms with Crippen LogP contribution in [0.3, 0.4) is 0 Å². The van der Waals surface area contributed by atoms with E-state index in [9.17, 15) is 19.7 Å². The number of thioether (sulfide) groups is 1. The molecule has 2 aromatic carbocycles. The van der Waals surface area contributed by atoms with Gasteiger partial charge in [-0.1, -0.05) is 35.0 Å². The van der Waals surface area contributed by atoms with Crippen molar-refractivity contribution in [2.75, 3.05) is 11.1 Å². The Hall–Kier alpha value is -3.15. The van der Waals surface area contributed by atoms with Crippen molar-refractivity contribution in [3.05, 3.63) is 74.0 Å². The van der Waals surface area contributed by atoms with E-state index in [0.29, 0.717) is 21.7 Å². The molecule has 0 aliphatic carbocycles. The van der Waals surface area contributed by atoms with Crippen molar-refractivity contribution in [1.29, 1.82) is 0 Å². The van der Waals surface area contributed by atoms with Crippen molar-refractivity contribution in [2.24, 2.45) is 7.05 Å². The van der Waals surface area contributed by atoms with Crippen LogP contribution in [-0.4, -0.2) is 37.3 Å². The third-order valence-electron chi connectivity index (χ3n) is 4.47. The molecule has 1 atom stereocenters. The molecule has 33 heavy (non-hydrogen) atoms. The zero-order chi connectivity index (χ0) is 24.1. The Balaban J connectivity index is 1.57. The number of nitrogens with one attached hydrogen (secondary N) is 2. The standard InChI is InChI=1S/C20H18Cl2N6O4S/c1-11(23-19(30)15-8-3-12(21)9-16(15)22)18-25-26-20(27(18)2)33-10-17(29)24-13-4-6-14(7-5-13)28(31)32/h3-9,11H,10H2,1-2H3,(H,23,30)(H,24,29)/t11-/m0/s1. The molecule has 0 saturated heterocycles. The van der Waals surface area contributed by atoms with E-state index in [1.165, 1.54) is 36.4 Å². The van der Waals surface area contributed by atoms with Gasteiger partial charge in [0.25, 0.3) is 11.6 Å². The lowest BCUT2D eigenvalue weighted by Gasteiger charge is -2.14. The molecule has 0 aliphatic heterocycles. The minimum Gasteiger partial charge on any atom is -0.342 e. The number of non-ortho nitro benzene ring substituents is 1. The number of halogens is 2. The molecule has 0 unspecified atom stereocenters. The third kappa shape index (κ3) is 6.21. The smallest absolute Gasteiger partial charge is 0.269 e. The average Bonchev–Trinajstić information content (AvgIpc) is 3.13. The summed E-state index contributed by atoms with van der Waals surface area (Å²) in [5.74, 6) is -0.155. The molecule has 172 valence electrons. The number of benzene rings is 2. The number of nitro benzene ring substituents is 1. The van der Waals surface area contributed by atoms with E-state index < -0.39 is 11.0 Å². The van der Waals surface area contributed by atoms with Gasteiger partial charge in [-0.05, 0) is 37.3 Å². The molecule has 13 heteroatoms. The van der Waals surface area contributed by atoms with Crippen molar-refractivity contribution in [1.82, 2.24) is 20.1 Å². The van der Waals surface area contributed by atoms with Crippen molar-refractivity contribution in [3.8, 4) is 0 Å². The molecular weight excluding hydrogens is 491 g/mol. The molecule has 0 fully saturated rings. The molecule has 3 rings (SSSR count). The SMILES string of the molecule is C[C@H](NC(=O)c1ccc(Cl)cc1Cl)c1nnc(SCC(=O)Nc2ccc([N+](=O)[O-])cc2)n1C. The highest BCUT2D eigenvalue weighted by molar-refractivity contribution is 7.99. The quantitative estimate of drug-likeness (QED) is 0.264. The van der Waals surface area contributed by atoms with Gasteiger partial charge in [-0.15, -0.1) is 10.2 Å². The first kappa shape index (κ1) is 24.5. The Morgan fingerprint density at radius 1 is 1.18 bits per heavy atom. The van der Waals surface area contributed by atoms with Crippen LogP contribution in [0.15, 0.2) is 47.6 Å². The fourth-order valence-corrected chi connectivity index (χ4v) is 4.05. The molecular formula is C20H18Cl2N6O4S. The molecule has 1 heterocycles. The van der Waals surface area contributed by atoms with Gasteiger partial charge < -0.3 is 15.2 Å². The molecule has 10 nitrogen and oxygen atoms in total. The second kappa shape index (κ2) is 10.6. The topological polar surface area (TPSA) is 132 Å². The molecule has 0 radical (unpaired) electrons.